The normalized spacial score (nSPS) is 10.0. The molecule has 20 heavy (non-hydrogen) atoms. The fourth-order valence-corrected chi connectivity index (χ4v) is 3.06. The number of thiophene rings is 1. The number of esters is 1. The lowest BCUT2D eigenvalue weighted by Crippen LogP contribution is -2.08. The van der Waals surface area contributed by atoms with Crippen molar-refractivity contribution >= 4 is 22.3 Å². The number of hydrogen-bond donors (Lipinski definition) is 1. The number of carbonyl (C=O) groups excluding carboxylic acids is 1. The molecule has 0 spiro atoms. The minimum absolute atomic E-state index is 0.0518. The number of hydrogen-bond acceptors (Lipinski definition) is 4. The molecule has 2 N–H and O–H groups in total. The van der Waals surface area contributed by atoms with Crippen molar-refractivity contribution in [1.82, 2.24) is 0 Å². The lowest BCUT2D eigenvalue weighted by atomic mass is 10.0. The van der Waals surface area contributed by atoms with E-state index in [4.69, 9.17) is 16.9 Å². The quantitative estimate of drug-likeness (QED) is 0.692. The number of benzene rings is 1. The minimum atomic E-state index is -0.463. The molecule has 1 aromatic heterocycles. The third kappa shape index (κ3) is 2.68. The number of nitrogen functional groups attached to an aromatic ring is 1. The van der Waals surface area contributed by atoms with Crippen molar-refractivity contribution in [2.45, 2.75) is 13.3 Å². The maximum Gasteiger partial charge on any atom is 0.342 e. The fourth-order valence-electron chi connectivity index (χ4n) is 2.04. The Balaban J connectivity index is 2.54. The highest BCUT2D eigenvalue weighted by Gasteiger charge is 2.23. The summed E-state index contributed by atoms with van der Waals surface area (Å²) >= 11 is 1.42. The van der Waals surface area contributed by atoms with E-state index in [9.17, 15) is 4.79 Å². The standard InChI is InChI=1S/C16H15NO2S/c1-3-10-19-16(18)14-13(11-8-6-5-7-9-11)12(4-2)20-15(14)17/h1,5-9H,4,10,17H2,2H3. The Morgan fingerprint density at radius 2 is 2.10 bits per heavy atom. The van der Waals surface area contributed by atoms with Crippen LogP contribution in [0.3, 0.4) is 0 Å². The lowest BCUT2D eigenvalue weighted by Gasteiger charge is -2.07. The summed E-state index contributed by atoms with van der Waals surface area (Å²) in [6.45, 7) is 1.98. The first-order valence-corrected chi connectivity index (χ1v) is 7.07. The summed E-state index contributed by atoms with van der Waals surface area (Å²) < 4.78 is 5.03. The monoisotopic (exact) mass is 285 g/mol. The molecular formula is C16H15NO2S. The predicted molar refractivity (Wildman–Crippen MR) is 82.7 cm³/mol. The molecular weight excluding hydrogens is 270 g/mol. The Morgan fingerprint density at radius 1 is 1.40 bits per heavy atom. The second-order valence-electron chi connectivity index (χ2n) is 4.14. The molecule has 0 saturated carbocycles. The van der Waals surface area contributed by atoms with E-state index in [2.05, 4.69) is 5.92 Å². The number of terminal acetylenes is 1. The molecule has 0 atom stereocenters. The first-order chi connectivity index (χ1) is 9.69. The second kappa shape index (κ2) is 6.27. The first-order valence-electron chi connectivity index (χ1n) is 6.26. The number of carbonyl (C=O) groups is 1. The van der Waals surface area contributed by atoms with Crippen LogP contribution in [0.4, 0.5) is 5.00 Å². The molecule has 0 bridgehead atoms. The summed E-state index contributed by atoms with van der Waals surface area (Å²) in [6, 6.07) is 9.71. The van der Waals surface area contributed by atoms with Crippen molar-refractivity contribution in [3.8, 4) is 23.5 Å². The molecule has 0 amide bonds. The van der Waals surface area contributed by atoms with E-state index in [-0.39, 0.29) is 6.61 Å². The van der Waals surface area contributed by atoms with E-state index in [1.807, 2.05) is 37.3 Å². The van der Waals surface area contributed by atoms with Crippen LogP contribution in [0.5, 0.6) is 0 Å². The van der Waals surface area contributed by atoms with Crippen LogP contribution in [0.1, 0.15) is 22.2 Å². The molecule has 2 rings (SSSR count). The van der Waals surface area contributed by atoms with Crippen LogP contribution in [-0.4, -0.2) is 12.6 Å². The van der Waals surface area contributed by atoms with Gasteiger partial charge in [-0.15, -0.1) is 17.8 Å². The van der Waals surface area contributed by atoms with Gasteiger partial charge in [-0.3, -0.25) is 0 Å². The third-order valence-corrected chi connectivity index (χ3v) is 4.05. The van der Waals surface area contributed by atoms with Crippen molar-refractivity contribution in [3.63, 3.8) is 0 Å². The molecule has 0 unspecified atom stereocenters. The SMILES string of the molecule is C#CCOC(=O)c1c(N)sc(CC)c1-c1ccccc1. The van der Waals surface area contributed by atoms with Crippen molar-refractivity contribution in [2.24, 2.45) is 0 Å². The molecule has 4 heteroatoms. The summed E-state index contributed by atoms with van der Waals surface area (Å²) in [5.41, 5.74) is 8.24. The summed E-state index contributed by atoms with van der Waals surface area (Å²) in [5, 5.41) is 0.475. The fraction of sp³-hybridized carbons (Fsp3) is 0.188. The average molecular weight is 285 g/mol. The van der Waals surface area contributed by atoms with E-state index in [0.717, 1.165) is 22.4 Å². The highest BCUT2D eigenvalue weighted by atomic mass is 32.1. The van der Waals surface area contributed by atoms with Crippen LogP contribution in [0.15, 0.2) is 30.3 Å². The predicted octanol–water partition coefficient (Wildman–Crippen LogP) is 3.35. The number of ether oxygens (including phenoxy) is 1. The summed E-state index contributed by atoms with van der Waals surface area (Å²) in [5.74, 6) is 1.82. The number of aryl methyl sites for hydroxylation is 1. The van der Waals surface area contributed by atoms with Gasteiger partial charge in [-0.1, -0.05) is 43.2 Å². The van der Waals surface area contributed by atoms with E-state index < -0.39 is 5.97 Å². The first kappa shape index (κ1) is 14.2. The summed E-state index contributed by atoms with van der Waals surface area (Å²) in [7, 11) is 0. The Bertz CT molecular complexity index is 653. The number of rotatable bonds is 4. The van der Waals surface area contributed by atoms with Gasteiger partial charge in [0.25, 0.3) is 0 Å². The van der Waals surface area contributed by atoms with Crippen LogP contribution in [0.2, 0.25) is 0 Å². The van der Waals surface area contributed by atoms with Crippen LogP contribution in [-0.2, 0) is 11.2 Å². The van der Waals surface area contributed by atoms with Gasteiger partial charge in [0.05, 0.1) is 0 Å². The van der Waals surface area contributed by atoms with Gasteiger partial charge < -0.3 is 10.5 Å². The average Bonchev–Trinajstić information content (AvgIpc) is 2.82. The zero-order valence-electron chi connectivity index (χ0n) is 11.2. The highest BCUT2D eigenvalue weighted by molar-refractivity contribution is 7.17. The van der Waals surface area contributed by atoms with Gasteiger partial charge in [0.1, 0.15) is 10.6 Å². The molecule has 2 aromatic rings. The van der Waals surface area contributed by atoms with Gasteiger partial charge in [0, 0.05) is 10.4 Å². The van der Waals surface area contributed by atoms with E-state index in [1.165, 1.54) is 11.3 Å². The maximum absolute atomic E-state index is 12.2. The third-order valence-electron chi connectivity index (χ3n) is 2.88. The van der Waals surface area contributed by atoms with Crippen molar-refractivity contribution in [3.05, 3.63) is 40.8 Å². The Hall–Kier alpha value is -2.25. The van der Waals surface area contributed by atoms with Crippen molar-refractivity contribution in [2.75, 3.05) is 12.3 Å². The number of nitrogens with two attached hydrogens (primary N) is 1. The van der Waals surface area contributed by atoms with Crippen LogP contribution < -0.4 is 5.73 Å². The topological polar surface area (TPSA) is 52.3 Å². The molecule has 3 nitrogen and oxygen atoms in total. The molecule has 0 aliphatic heterocycles. The largest absolute Gasteiger partial charge is 0.449 e. The maximum atomic E-state index is 12.2. The van der Waals surface area contributed by atoms with Crippen molar-refractivity contribution < 1.29 is 9.53 Å². The Morgan fingerprint density at radius 3 is 2.70 bits per heavy atom. The summed E-state index contributed by atoms with van der Waals surface area (Å²) in [6.07, 6.45) is 5.92. The summed E-state index contributed by atoms with van der Waals surface area (Å²) in [4.78, 5) is 13.2. The van der Waals surface area contributed by atoms with E-state index in [0.29, 0.717) is 10.6 Å². The zero-order valence-corrected chi connectivity index (χ0v) is 12.0. The number of anilines is 1. The molecule has 1 aromatic carbocycles. The molecule has 0 radical (unpaired) electrons. The Kier molecular flexibility index (Phi) is 4.44. The molecule has 0 saturated heterocycles. The van der Waals surface area contributed by atoms with E-state index in [1.54, 1.807) is 0 Å². The molecule has 0 aliphatic carbocycles. The van der Waals surface area contributed by atoms with E-state index >= 15 is 0 Å². The lowest BCUT2D eigenvalue weighted by molar-refractivity contribution is 0.0559. The van der Waals surface area contributed by atoms with Crippen LogP contribution >= 0.6 is 11.3 Å². The van der Waals surface area contributed by atoms with Gasteiger partial charge in [-0.25, -0.2) is 4.79 Å². The minimum Gasteiger partial charge on any atom is -0.449 e. The van der Waals surface area contributed by atoms with Crippen LogP contribution in [0, 0.1) is 12.3 Å². The van der Waals surface area contributed by atoms with Gasteiger partial charge >= 0.3 is 5.97 Å². The van der Waals surface area contributed by atoms with Crippen molar-refractivity contribution in [1.29, 1.82) is 0 Å². The second-order valence-corrected chi connectivity index (χ2v) is 5.28. The zero-order chi connectivity index (χ0) is 14.5. The van der Waals surface area contributed by atoms with Crippen LogP contribution in [0.25, 0.3) is 11.1 Å². The highest BCUT2D eigenvalue weighted by Crippen LogP contribution is 2.39. The van der Waals surface area contributed by atoms with Gasteiger partial charge in [0.2, 0.25) is 0 Å². The molecule has 1 heterocycles. The molecule has 0 aliphatic rings. The molecule has 102 valence electrons. The Labute approximate surface area is 122 Å². The van der Waals surface area contributed by atoms with Gasteiger partial charge in [-0.05, 0) is 12.0 Å². The smallest absolute Gasteiger partial charge is 0.342 e. The van der Waals surface area contributed by atoms with Gasteiger partial charge in [-0.2, -0.15) is 0 Å². The molecule has 0 fully saturated rings. The van der Waals surface area contributed by atoms with Gasteiger partial charge in [0.15, 0.2) is 6.61 Å².